The van der Waals surface area contributed by atoms with Crippen LogP contribution in [0.4, 0.5) is 0 Å². The normalized spacial score (nSPS) is 10.8. The molecule has 5 nitrogen and oxygen atoms in total. The van der Waals surface area contributed by atoms with Gasteiger partial charge in [-0.25, -0.2) is 0 Å². The van der Waals surface area contributed by atoms with Gasteiger partial charge in [-0.2, -0.15) is 0 Å². The second-order valence-corrected chi connectivity index (χ2v) is 5.39. The molecule has 0 saturated carbocycles. The number of phenolic OH excluding ortho intramolecular Hbond substituents is 1. The van der Waals surface area contributed by atoms with Gasteiger partial charge in [0.15, 0.2) is 17.3 Å². The number of phenols is 1. The van der Waals surface area contributed by atoms with Crippen molar-refractivity contribution in [2.75, 3.05) is 14.2 Å². The molecule has 124 valence electrons. The molecule has 2 aromatic carbocycles. The van der Waals surface area contributed by atoms with Crippen LogP contribution in [0.3, 0.4) is 0 Å². The highest BCUT2D eigenvalue weighted by atomic mass is 16.5. The van der Waals surface area contributed by atoms with Crippen LogP contribution < -0.4 is 14.9 Å². The van der Waals surface area contributed by atoms with Gasteiger partial charge in [0, 0.05) is 6.42 Å². The summed E-state index contributed by atoms with van der Waals surface area (Å²) in [5, 5.41) is 10.2. The van der Waals surface area contributed by atoms with Crippen LogP contribution in [0.1, 0.15) is 11.3 Å². The SMILES string of the molecule is COc1cc(CCc2oc3ccccc3c(=O)c2OC)ccc1O. The first-order chi connectivity index (χ1) is 11.6. The Labute approximate surface area is 139 Å². The predicted molar refractivity (Wildman–Crippen MR) is 91.1 cm³/mol. The number of ether oxygens (including phenoxy) is 2. The van der Waals surface area contributed by atoms with E-state index in [9.17, 15) is 9.90 Å². The summed E-state index contributed by atoms with van der Waals surface area (Å²) in [7, 11) is 2.97. The van der Waals surface area contributed by atoms with Crippen LogP contribution in [0.2, 0.25) is 0 Å². The number of fused-ring (bicyclic) bond motifs is 1. The van der Waals surface area contributed by atoms with Gasteiger partial charge in [0.05, 0.1) is 19.6 Å². The number of para-hydroxylation sites is 1. The Bertz CT molecular complexity index is 927. The summed E-state index contributed by atoms with van der Waals surface area (Å²) in [6, 6.07) is 12.3. The van der Waals surface area contributed by atoms with Crippen LogP contribution in [0.5, 0.6) is 17.2 Å². The van der Waals surface area contributed by atoms with Gasteiger partial charge in [-0.15, -0.1) is 0 Å². The molecule has 0 aliphatic carbocycles. The van der Waals surface area contributed by atoms with E-state index in [2.05, 4.69) is 0 Å². The van der Waals surface area contributed by atoms with Crippen LogP contribution in [0.15, 0.2) is 51.7 Å². The van der Waals surface area contributed by atoms with Crippen molar-refractivity contribution in [3.63, 3.8) is 0 Å². The van der Waals surface area contributed by atoms with E-state index < -0.39 is 0 Å². The molecule has 1 aromatic heterocycles. The molecule has 3 aromatic rings. The van der Waals surface area contributed by atoms with E-state index in [1.165, 1.54) is 14.2 Å². The molecule has 5 heteroatoms. The molecule has 0 radical (unpaired) electrons. The van der Waals surface area contributed by atoms with Gasteiger partial charge in [-0.1, -0.05) is 18.2 Å². The fourth-order valence-corrected chi connectivity index (χ4v) is 2.68. The lowest BCUT2D eigenvalue weighted by Crippen LogP contribution is -2.09. The third-order valence-electron chi connectivity index (χ3n) is 3.91. The number of hydrogen-bond donors (Lipinski definition) is 1. The van der Waals surface area contributed by atoms with Crippen molar-refractivity contribution in [1.82, 2.24) is 0 Å². The minimum absolute atomic E-state index is 0.0936. The molecule has 0 atom stereocenters. The maximum atomic E-state index is 12.5. The average molecular weight is 326 g/mol. The zero-order valence-corrected chi connectivity index (χ0v) is 13.5. The third-order valence-corrected chi connectivity index (χ3v) is 3.91. The Kier molecular flexibility index (Phi) is 4.42. The van der Waals surface area contributed by atoms with Crippen LogP contribution in [0.25, 0.3) is 11.0 Å². The zero-order chi connectivity index (χ0) is 17.1. The van der Waals surface area contributed by atoms with E-state index in [0.717, 1.165) is 5.56 Å². The molecular weight excluding hydrogens is 308 g/mol. The minimum Gasteiger partial charge on any atom is -0.504 e. The van der Waals surface area contributed by atoms with Crippen molar-refractivity contribution >= 4 is 11.0 Å². The minimum atomic E-state index is -0.169. The number of aryl methyl sites for hydroxylation is 2. The number of benzene rings is 2. The fraction of sp³-hybridized carbons (Fsp3) is 0.211. The molecule has 0 aliphatic heterocycles. The molecular formula is C19H18O5. The van der Waals surface area contributed by atoms with Crippen LogP contribution >= 0.6 is 0 Å². The summed E-state index contributed by atoms with van der Waals surface area (Å²) in [5.41, 5.74) is 1.33. The van der Waals surface area contributed by atoms with Crippen molar-refractivity contribution in [2.24, 2.45) is 0 Å². The maximum absolute atomic E-state index is 12.5. The van der Waals surface area contributed by atoms with Gasteiger partial charge < -0.3 is 19.0 Å². The third kappa shape index (κ3) is 2.93. The zero-order valence-electron chi connectivity index (χ0n) is 13.5. The van der Waals surface area contributed by atoms with E-state index in [1.54, 1.807) is 30.3 Å². The standard InChI is InChI=1S/C19H18O5/c1-22-17-11-12(7-9-14(17)20)8-10-16-19(23-2)18(21)13-5-3-4-6-15(13)24-16/h3-7,9,11,20H,8,10H2,1-2H3. The molecule has 1 N–H and O–H groups in total. The Morgan fingerprint density at radius 2 is 1.83 bits per heavy atom. The van der Waals surface area contributed by atoms with Crippen molar-refractivity contribution in [1.29, 1.82) is 0 Å². The molecule has 0 amide bonds. The van der Waals surface area contributed by atoms with Crippen LogP contribution in [-0.2, 0) is 12.8 Å². The number of methoxy groups -OCH3 is 2. The molecule has 0 bridgehead atoms. The molecule has 0 unspecified atom stereocenters. The Balaban J connectivity index is 1.94. The van der Waals surface area contributed by atoms with E-state index in [-0.39, 0.29) is 16.9 Å². The van der Waals surface area contributed by atoms with E-state index in [1.807, 2.05) is 12.1 Å². The van der Waals surface area contributed by atoms with Crippen molar-refractivity contribution < 1.29 is 19.0 Å². The largest absolute Gasteiger partial charge is 0.504 e. The summed E-state index contributed by atoms with van der Waals surface area (Å²) < 4.78 is 16.2. The van der Waals surface area contributed by atoms with Gasteiger partial charge in [0.2, 0.25) is 11.2 Å². The summed E-state index contributed by atoms with van der Waals surface area (Å²) in [5.74, 6) is 1.25. The molecule has 1 heterocycles. The van der Waals surface area contributed by atoms with Crippen molar-refractivity contribution in [3.05, 3.63) is 64.0 Å². The lowest BCUT2D eigenvalue weighted by atomic mass is 10.1. The Morgan fingerprint density at radius 1 is 1.04 bits per heavy atom. The number of rotatable bonds is 5. The maximum Gasteiger partial charge on any atom is 0.234 e. The van der Waals surface area contributed by atoms with Gasteiger partial charge in [-0.05, 0) is 36.2 Å². The lowest BCUT2D eigenvalue weighted by Gasteiger charge is -2.10. The molecule has 0 fully saturated rings. The Hall–Kier alpha value is -2.95. The molecule has 0 saturated heterocycles. The second-order valence-electron chi connectivity index (χ2n) is 5.39. The topological polar surface area (TPSA) is 68.9 Å². The van der Waals surface area contributed by atoms with Crippen molar-refractivity contribution in [2.45, 2.75) is 12.8 Å². The monoisotopic (exact) mass is 326 g/mol. The van der Waals surface area contributed by atoms with Crippen LogP contribution in [-0.4, -0.2) is 19.3 Å². The van der Waals surface area contributed by atoms with E-state index in [4.69, 9.17) is 13.9 Å². The Morgan fingerprint density at radius 3 is 2.58 bits per heavy atom. The first-order valence-corrected chi connectivity index (χ1v) is 7.58. The first-order valence-electron chi connectivity index (χ1n) is 7.58. The molecule has 24 heavy (non-hydrogen) atoms. The number of aromatic hydroxyl groups is 1. The molecule has 0 spiro atoms. The van der Waals surface area contributed by atoms with Gasteiger partial charge >= 0.3 is 0 Å². The highest BCUT2D eigenvalue weighted by Crippen LogP contribution is 2.28. The van der Waals surface area contributed by atoms with Gasteiger partial charge in [-0.3, -0.25) is 4.79 Å². The quantitative estimate of drug-likeness (QED) is 0.779. The summed E-state index contributed by atoms with van der Waals surface area (Å²) in [4.78, 5) is 12.5. The summed E-state index contributed by atoms with van der Waals surface area (Å²) in [6.07, 6.45) is 1.12. The average Bonchev–Trinajstić information content (AvgIpc) is 2.61. The van der Waals surface area contributed by atoms with E-state index >= 15 is 0 Å². The molecule has 3 rings (SSSR count). The first kappa shape index (κ1) is 15.9. The smallest absolute Gasteiger partial charge is 0.234 e. The highest BCUT2D eigenvalue weighted by Gasteiger charge is 2.15. The lowest BCUT2D eigenvalue weighted by molar-refractivity contribution is 0.372. The summed E-state index contributed by atoms with van der Waals surface area (Å²) >= 11 is 0. The van der Waals surface area contributed by atoms with Crippen LogP contribution in [0, 0.1) is 0 Å². The number of hydrogen-bond acceptors (Lipinski definition) is 5. The van der Waals surface area contributed by atoms with Gasteiger partial charge in [0.1, 0.15) is 5.58 Å². The molecule has 0 aliphatic rings. The van der Waals surface area contributed by atoms with E-state index in [0.29, 0.717) is 35.3 Å². The fourth-order valence-electron chi connectivity index (χ4n) is 2.68. The second kappa shape index (κ2) is 6.66. The summed E-state index contributed by atoms with van der Waals surface area (Å²) in [6.45, 7) is 0. The van der Waals surface area contributed by atoms with Crippen molar-refractivity contribution in [3.8, 4) is 17.2 Å². The van der Waals surface area contributed by atoms with Gasteiger partial charge in [0.25, 0.3) is 0 Å². The predicted octanol–water partition coefficient (Wildman–Crippen LogP) is 3.30. The highest BCUT2D eigenvalue weighted by molar-refractivity contribution is 5.77.